The van der Waals surface area contributed by atoms with Crippen molar-refractivity contribution in [3.63, 3.8) is 0 Å². The standard InChI is InChI=1S/C15H26N4S/c1-3-16-13-11-14(19-15(18-13)20-2)17-10-6-9-12-7-4-5-8-12/h11-12H,3-10H2,1-2H3,(H2,16,17,18,19). The van der Waals surface area contributed by atoms with E-state index in [2.05, 4.69) is 27.5 Å². The highest BCUT2D eigenvalue weighted by Crippen LogP contribution is 2.28. The molecule has 4 nitrogen and oxygen atoms in total. The molecule has 0 atom stereocenters. The quantitative estimate of drug-likeness (QED) is 0.431. The normalized spacial score (nSPS) is 15.5. The zero-order valence-corrected chi connectivity index (χ0v) is 13.4. The van der Waals surface area contributed by atoms with Gasteiger partial charge in [-0.2, -0.15) is 0 Å². The van der Waals surface area contributed by atoms with Crippen LogP contribution in [0.4, 0.5) is 11.6 Å². The van der Waals surface area contributed by atoms with E-state index in [0.29, 0.717) is 0 Å². The number of hydrogen-bond donors (Lipinski definition) is 2. The number of anilines is 2. The fraction of sp³-hybridized carbons (Fsp3) is 0.733. The Balaban J connectivity index is 1.79. The van der Waals surface area contributed by atoms with E-state index in [1.54, 1.807) is 11.8 Å². The summed E-state index contributed by atoms with van der Waals surface area (Å²) in [6.45, 7) is 3.97. The summed E-state index contributed by atoms with van der Waals surface area (Å²) in [5, 5.41) is 7.51. The van der Waals surface area contributed by atoms with Gasteiger partial charge in [-0.05, 0) is 31.9 Å². The predicted molar refractivity (Wildman–Crippen MR) is 87.7 cm³/mol. The van der Waals surface area contributed by atoms with E-state index in [1.807, 2.05) is 12.3 Å². The lowest BCUT2D eigenvalue weighted by Gasteiger charge is -2.11. The molecule has 1 aromatic rings. The van der Waals surface area contributed by atoms with Crippen LogP contribution in [0.2, 0.25) is 0 Å². The molecule has 0 bridgehead atoms. The van der Waals surface area contributed by atoms with Crippen LogP contribution >= 0.6 is 11.8 Å². The summed E-state index contributed by atoms with van der Waals surface area (Å²) in [6.07, 6.45) is 10.4. The summed E-state index contributed by atoms with van der Waals surface area (Å²) in [6, 6.07) is 2.00. The monoisotopic (exact) mass is 294 g/mol. The summed E-state index contributed by atoms with van der Waals surface area (Å²) in [7, 11) is 0. The van der Waals surface area contributed by atoms with Crippen molar-refractivity contribution < 1.29 is 0 Å². The SMILES string of the molecule is CCNc1cc(NCCCC2CCCC2)nc(SC)n1. The second kappa shape index (κ2) is 8.35. The van der Waals surface area contributed by atoms with Crippen molar-refractivity contribution in [2.45, 2.75) is 50.6 Å². The Morgan fingerprint density at radius 2 is 1.90 bits per heavy atom. The Hall–Kier alpha value is -0.970. The van der Waals surface area contributed by atoms with Gasteiger partial charge in [0.2, 0.25) is 0 Å². The largest absolute Gasteiger partial charge is 0.370 e. The van der Waals surface area contributed by atoms with Crippen LogP contribution in [0.15, 0.2) is 11.2 Å². The molecule has 0 amide bonds. The van der Waals surface area contributed by atoms with Gasteiger partial charge < -0.3 is 10.6 Å². The van der Waals surface area contributed by atoms with E-state index in [-0.39, 0.29) is 0 Å². The smallest absolute Gasteiger partial charge is 0.191 e. The Bertz CT molecular complexity index is 405. The molecule has 0 aromatic carbocycles. The first-order chi connectivity index (χ1) is 9.81. The summed E-state index contributed by atoms with van der Waals surface area (Å²) in [4.78, 5) is 8.94. The molecule has 1 aliphatic rings. The minimum Gasteiger partial charge on any atom is -0.370 e. The van der Waals surface area contributed by atoms with Gasteiger partial charge in [0, 0.05) is 19.2 Å². The van der Waals surface area contributed by atoms with Crippen molar-refractivity contribution in [1.29, 1.82) is 0 Å². The van der Waals surface area contributed by atoms with Crippen molar-refractivity contribution in [3.8, 4) is 0 Å². The van der Waals surface area contributed by atoms with E-state index in [0.717, 1.165) is 35.8 Å². The van der Waals surface area contributed by atoms with Crippen LogP contribution < -0.4 is 10.6 Å². The maximum Gasteiger partial charge on any atom is 0.191 e. The van der Waals surface area contributed by atoms with E-state index in [4.69, 9.17) is 0 Å². The summed E-state index contributed by atoms with van der Waals surface area (Å²) >= 11 is 1.58. The average molecular weight is 294 g/mol. The highest BCUT2D eigenvalue weighted by molar-refractivity contribution is 7.98. The number of nitrogens with one attached hydrogen (secondary N) is 2. The van der Waals surface area contributed by atoms with Crippen molar-refractivity contribution >= 4 is 23.4 Å². The zero-order valence-electron chi connectivity index (χ0n) is 12.6. The lowest BCUT2D eigenvalue weighted by Crippen LogP contribution is -2.08. The molecule has 0 radical (unpaired) electrons. The molecule has 20 heavy (non-hydrogen) atoms. The molecular formula is C15H26N4S. The van der Waals surface area contributed by atoms with Crippen LogP contribution in [0.5, 0.6) is 0 Å². The molecule has 1 fully saturated rings. The van der Waals surface area contributed by atoms with Gasteiger partial charge in [0.05, 0.1) is 0 Å². The molecule has 0 aliphatic heterocycles. The number of thioether (sulfide) groups is 1. The van der Waals surface area contributed by atoms with E-state index >= 15 is 0 Å². The minimum absolute atomic E-state index is 0.821. The van der Waals surface area contributed by atoms with Crippen LogP contribution in [-0.2, 0) is 0 Å². The first-order valence-corrected chi connectivity index (χ1v) is 8.95. The topological polar surface area (TPSA) is 49.8 Å². The lowest BCUT2D eigenvalue weighted by atomic mass is 10.0. The van der Waals surface area contributed by atoms with Gasteiger partial charge in [-0.1, -0.05) is 37.4 Å². The maximum absolute atomic E-state index is 4.50. The summed E-state index contributed by atoms with van der Waals surface area (Å²) in [5.41, 5.74) is 0. The van der Waals surface area contributed by atoms with E-state index in [9.17, 15) is 0 Å². The van der Waals surface area contributed by atoms with Crippen molar-refractivity contribution in [2.24, 2.45) is 5.92 Å². The highest BCUT2D eigenvalue weighted by Gasteiger charge is 2.14. The van der Waals surface area contributed by atoms with Crippen molar-refractivity contribution in [3.05, 3.63) is 6.07 Å². The molecule has 5 heteroatoms. The van der Waals surface area contributed by atoms with E-state index < -0.39 is 0 Å². The van der Waals surface area contributed by atoms with Gasteiger partial charge in [-0.15, -0.1) is 0 Å². The minimum atomic E-state index is 0.821. The highest BCUT2D eigenvalue weighted by atomic mass is 32.2. The number of aromatic nitrogens is 2. The van der Waals surface area contributed by atoms with Crippen LogP contribution in [0, 0.1) is 5.92 Å². The molecule has 1 aromatic heterocycles. The molecule has 0 saturated heterocycles. The van der Waals surface area contributed by atoms with Gasteiger partial charge in [-0.3, -0.25) is 0 Å². The first kappa shape index (κ1) is 15.4. The second-order valence-corrected chi connectivity index (χ2v) is 6.15. The zero-order chi connectivity index (χ0) is 14.2. The van der Waals surface area contributed by atoms with Gasteiger partial charge >= 0.3 is 0 Å². The lowest BCUT2D eigenvalue weighted by molar-refractivity contribution is 0.491. The Morgan fingerprint density at radius 3 is 2.55 bits per heavy atom. The molecule has 1 aliphatic carbocycles. The van der Waals surface area contributed by atoms with Gasteiger partial charge in [0.25, 0.3) is 0 Å². The van der Waals surface area contributed by atoms with Gasteiger partial charge in [-0.25, -0.2) is 9.97 Å². The van der Waals surface area contributed by atoms with Crippen LogP contribution in [-0.4, -0.2) is 29.3 Å². The Labute approximate surface area is 126 Å². The molecule has 0 unspecified atom stereocenters. The molecule has 112 valence electrons. The third-order valence-corrected chi connectivity index (χ3v) is 4.36. The number of nitrogens with zero attached hydrogens (tertiary/aromatic N) is 2. The molecule has 2 rings (SSSR count). The molecule has 0 spiro atoms. The third-order valence-electron chi connectivity index (χ3n) is 3.82. The number of hydrogen-bond acceptors (Lipinski definition) is 5. The first-order valence-electron chi connectivity index (χ1n) is 7.72. The molecular weight excluding hydrogens is 268 g/mol. The van der Waals surface area contributed by atoms with Crippen LogP contribution in [0.25, 0.3) is 0 Å². The van der Waals surface area contributed by atoms with Crippen LogP contribution in [0.1, 0.15) is 45.4 Å². The maximum atomic E-state index is 4.50. The Morgan fingerprint density at radius 1 is 1.20 bits per heavy atom. The third kappa shape index (κ3) is 4.85. The number of rotatable bonds is 8. The van der Waals surface area contributed by atoms with Gasteiger partial charge in [0.1, 0.15) is 11.6 Å². The molecule has 2 N–H and O–H groups in total. The average Bonchev–Trinajstić information content (AvgIpc) is 2.97. The fourth-order valence-electron chi connectivity index (χ4n) is 2.78. The van der Waals surface area contributed by atoms with Crippen molar-refractivity contribution in [2.75, 3.05) is 30.0 Å². The van der Waals surface area contributed by atoms with Crippen LogP contribution in [0.3, 0.4) is 0 Å². The predicted octanol–water partition coefficient (Wildman–Crippen LogP) is 4.01. The summed E-state index contributed by atoms with van der Waals surface area (Å²) in [5.74, 6) is 2.82. The Kier molecular flexibility index (Phi) is 6.43. The molecule has 1 saturated carbocycles. The second-order valence-electron chi connectivity index (χ2n) is 5.37. The summed E-state index contributed by atoms with van der Waals surface area (Å²) < 4.78 is 0. The van der Waals surface area contributed by atoms with Gasteiger partial charge in [0.15, 0.2) is 5.16 Å². The fourth-order valence-corrected chi connectivity index (χ4v) is 3.16. The van der Waals surface area contributed by atoms with E-state index in [1.165, 1.54) is 38.5 Å². The molecule has 1 heterocycles. The van der Waals surface area contributed by atoms with Crippen molar-refractivity contribution in [1.82, 2.24) is 9.97 Å².